The molecule has 3 N–H and O–H groups in total. The lowest BCUT2D eigenvalue weighted by Gasteiger charge is -2.23. The van der Waals surface area contributed by atoms with E-state index >= 15 is 0 Å². The smallest absolute Gasteiger partial charge is 0.416 e. The summed E-state index contributed by atoms with van der Waals surface area (Å²) in [7, 11) is 0. The van der Waals surface area contributed by atoms with E-state index in [-0.39, 0.29) is 41.8 Å². The van der Waals surface area contributed by atoms with E-state index in [1.54, 1.807) is 30.0 Å². The highest BCUT2D eigenvalue weighted by molar-refractivity contribution is 6.28. The van der Waals surface area contributed by atoms with Crippen molar-refractivity contribution in [1.29, 1.82) is 0 Å². The number of ether oxygens (including phenoxy) is 2. The minimum atomic E-state index is -4.54. The van der Waals surface area contributed by atoms with Gasteiger partial charge in [-0.15, -0.1) is 0 Å². The van der Waals surface area contributed by atoms with Gasteiger partial charge in [0.25, 0.3) is 5.91 Å². The third kappa shape index (κ3) is 6.17. The molecule has 2 aliphatic heterocycles. The van der Waals surface area contributed by atoms with Crippen molar-refractivity contribution in [2.24, 2.45) is 0 Å². The molecule has 2 aliphatic rings. The number of rotatable bonds is 6. The van der Waals surface area contributed by atoms with Crippen LogP contribution in [0.1, 0.15) is 58.7 Å². The molecule has 1 amide bonds. The molecule has 206 valence electrons. The molecule has 13 heteroatoms. The maximum atomic E-state index is 13.3. The predicted molar refractivity (Wildman–Crippen MR) is 137 cm³/mol. The first-order valence-corrected chi connectivity index (χ1v) is 12.7. The van der Waals surface area contributed by atoms with Crippen molar-refractivity contribution in [2.75, 3.05) is 24.3 Å². The lowest BCUT2D eigenvalue weighted by Crippen LogP contribution is -2.28. The molecular formula is C26H26ClF3N6O3. The summed E-state index contributed by atoms with van der Waals surface area (Å²) in [5.41, 5.74) is 6.58. The molecule has 0 aliphatic carbocycles. The number of nitrogen functional groups attached to an aromatic ring is 1. The number of alkyl halides is 3. The van der Waals surface area contributed by atoms with E-state index in [9.17, 15) is 18.0 Å². The maximum Gasteiger partial charge on any atom is 0.416 e. The van der Waals surface area contributed by atoms with Gasteiger partial charge in [-0.25, -0.2) is 15.0 Å². The van der Waals surface area contributed by atoms with Crippen LogP contribution in [0.5, 0.6) is 5.88 Å². The van der Waals surface area contributed by atoms with Gasteiger partial charge < -0.3 is 25.4 Å². The van der Waals surface area contributed by atoms with Crippen molar-refractivity contribution < 1.29 is 27.4 Å². The molecule has 4 heterocycles. The van der Waals surface area contributed by atoms with Crippen LogP contribution in [0.4, 0.5) is 24.7 Å². The molecule has 1 saturated heterocycles. The van der Waals surface area contributed by atoms with Gasteiger partial charge in [0.2, 0.25) is 11.2 Å². The Balaban J connectivity index is 1.33. The van der Waals surface area contributed by atoms with E-state index in [0.717, 1.165) is 25.0 Å². The number of aromatic nitrogens is 3. The molecule has 0 spiro atoms. The number of hydrogen-bond donors (Lipinski definition) is 2. The predicted octanol–water partition coefficient (Wildman–Crippen LogP) is 5.01. The minimum Gasteiger partial charge on any atom is -0.474 e. The van der Waals surface area contributed by atoms with Crippen molar-refractivity contribution in [1.82, 2.24) is 19.9 Å². The van der Waals surface area contributed by atoms with Crippen LogP contribution in [0.15, 0.2) is 36.4 Å². The summed E-state index contributed by atoms with van der Waals surface area (Å²) >= 11 is 6.15. The first-order chi connectivity index (χ1) is 18.6. The van der Waals surface area contributed by atoms with Crippen molar-refractivity contribution in [2.45, 2.75) is 51.2 Å². The zero-order valence-corrected chi connectivity index (χ0v) is 21.7. The first kappa shape index (κ1) is 26.9. The number of anilines is 2. The second-order valence-corrected chi connectivity index (χ2v) is 9.81. The Morgan fingerprint density at radius 1 is 1.18 bits per heavy atom. The first-order valence-electron chi connectivity index (χ1n) is 12.4. The number of nitrogens with two attached hydrogens (primary N) is 1. The normalized spacial score (nSPS) is 16.6. The third-order valence-electron chi connectivity index (χ3n) is 6.60. The van der Waals surface area contributed by atoms with Crippen LogP contribution in [-0.2, 0) is 24.0 Å². The van der Waals surface area contributed by atoms with Crippen LogP contribution in [0.25, 0.3) is 0 Å². The van der Waals surface area contributed by atoms with Crippen LogP contribution in [0.3, 0.4) is 0 Å². The molecule has 39 heavy (non-hydrogen) atoms. The van der Waals surface area contributed by atoms with E-state index in [4.69, 9.17) is 26.8 Å². The number of hydrogen-bond acceptors (Lipinski definition) is 8. The summed E-state index contributed by atoms with van der Waals surface area (Å²) in [6, 6.07) is 7.82. The number of pyridine rings is 1. The summed E-state index contributed by atoms with van der Waals surface area (Å²) < 4.78 is 51.2. The van der Waals surface area contributed by atoms with E-state index < -0.39 is 17.8 Å². The maximum absolute atomic E-state index is 13.3. The van der Waals surface area contributed by atoms with Crippen molar-refractivity contribution in [3.8, 4) is 5.88 Å². The van der Waals surface area contributed by atoms with Gasteiger partial charge in [-0.05, 0) is 48.4 Å². The van der Waals surface area contributed by atoms with Crippen LogP contribution in [0.2, 0.25) is 5.28 Å². The van der Waals surface area contributed by atoms with Gasteiger partial charge >= 0.3 is 6.18 Å². The number of nitrogens with zero attached hydrogens (tertiary/aromatic N) is 4. The van der Waals surface area contributed by atoms with Gasteiger partial charge in [0.1, 0.15) is 17.6 Å². The number of benzene rings is 1. The monoisotopic (exact) mass is 562 g/mol. The Kier molecular flexibility index (Phi) is 7.50. The molecule has 3 aromatic rings. The largest absolute Gasteiger partial charge is 0.474 e. The highest BCUT2D eigenvalue weighted by atomic mass is 35.5. The number of fused-ring (bicyclic) bond motifs is 1. The van der Waals surface area contributed by atoms with Crippen LogP contribution in [0, 0.1) is 0 Å². The molecule has 1 atom stereocenters. The molecule has 0 unspecified atom stereocenters. The summed E-state index contributed by atoms with van der Waals surface area (Å²) in [5.74, 6) is 0.364. The quantitative estimate of drug-likeness (QED) is 0.318. The van der Waals surface area contributed by atoms with E-state index in [2.05, 4.69) is 20.3 Å². The van der Waals surface area contributed by atoms with Gasteiger partial charge in [-0.3, -0.25) is 4.79 Å². The second kappa shape index (κ2) is 10.9. The zero-order chi connectivity index (χ0) is 27.7. The van der Waals surface area contributed by atoms with Gasteiger partial charge in [0.05, 0.1) is 43.6 Å². The molecule has 2 aromatic heterocycles. The fraction of sp³-hybridized carbons (Fsp3) is 0.385. The van der Waals surface area contributed by atoms with Crippen LogP contribution >= 0.6 is 11.6 Å². The van der Waals surface area contributed by atoms with E-state index in [1.807, 2.05) is 0 Å². The lowest BCUT2D eigenvalue weighted by atomic mass is 10.0. The fourth-order valence-corrected chi connectivity index (χ4v) is 4.78. The summed E-state index contributed by atoms with van der Waals surface area (Å²) in [5, 5.41) is 3.07. The minimum absolute atomic E-state index is 0.00766. The van der Waals surface area contributed by atoms with Crippen molar-refractivity contribution in [3.63, 3.8) is 0 Å². The van der Waals surface area contributed by atoms with Gasteiger partial charge in [-0.2, -0.15) is 13.2 Å². The lowest BCUT2D eigenvalue weighted by molar-refractivity contribution is -0.137. The number of carbonyl (C=O) groups excluding carboxylic acids is 1. The van der Waals surface area contributed by atoms with Crippen molar-refractivity contribution >= 4 is 29.0 Å². The average molecular weight is 563 g/mol. The highest BCUT2D eigenvalue weighted by Crippen LogP contribution is 2.35. The molecule has 1 aromatic carbocycles. The van der Waals surface area contributed by atoms with Gasteiger partial charge in [0, 0.05) is 30.2 Å². The summed E-state index contributed by atoms with van der Waals surface area (Å²) in [4.78, 5) is 27.8. The Morgan fingerprint density at radius 3 is 2.69 bits per heavy atom. The van der Waals surface area contributed by atoms with Gasteiger partial charge in [0.15, 0.2) is 0 Å². The Bertz CT molecular complexity index is 1380. The SMILES string of the molecule is C[C@@H](Nc1nc(Cl)nc2c1CN(C(=O)c1cccc(OC3CCOCC3)n1)C2)c1cc(N)cc(C(F)(F)F)c1. The topological polar surface area (TPSA) is 115 Å². The third-order valence-corrected chi connectivity index (χ3v) is 6.77. The summed E-state index contributed by atoms with van der Waals surface area (Å²) in [6.07, 6.45) is -3.05. The molecule has 0 radical (unpaired) electrons. The fourth-order valence-electron chi connectivity index (χ4n) is 4.59. The number of nitrogens with one attached hydrogen (secondary N) is 1. The average Bonchev–Trinajstić information content (AvgIpc) is 3.32. The number of halogens is 4. The van der Waals surface area contributed by atoms with E-state index in [1.165, 1.54) is 6.07 Å². The van der Waals surface area contributed by atoms with Crippen LogP contribution < -0.4 is 15.8 Å². The van der Waals surface area contributed by atoms with Crippen molar-refractivity contribution in [3.05, 3.63) is 69.8 Å². The number of carbonyl (C=O) groups is 1. The molecule has 5 rings (SSSR count). The molecular weight excluding hydrogens is 537 g/mol. The number of amides is 1. The standard InChI is InChI=1S/C26H26ClF3N6O3/c1-14(15-9-16(26(28,29)30)11-17(31)10-15)32-23-19-12-36(13-21(19)34-25(27)35-23)24(37)20-3-2-4-22(33-20)39-18-5-7-38-8-6-18/h2-4,9-11,14,18H,5-8,12-13,31H2,1H3,(H,32,34,35)/t14-/m1/s1. The molecule has 9 nitrogen and oxygen atoms in total. The second-order valence-electron chi connectivity index (χ2n) is 9.47. The van der Waals surface area contributed by atoms with E-state index in [0.29, 0.717) is 41.7 Å². The Labute approximate surface area is 227 Å². The highest BCUT2D eigenvalue weighted by Gasteiger charge is 2.33. The Hall–Kier alpha value is -3.64. The van der Waals surface area contributed by atoms with Crippen LogP contribution in [-0.4, -0.2) is 45.1 Å². The molecule has 0 saturated carbocycles. The Morgan fingerprint density at radius 2 is 1.95 bits per heavy atom. The zero-order valence-electron chi connectivity index (χ0n) is 21.0. The molecule has 1 fully saturated rings. The van der Waals surface area contributed by atoms with Gasteiger partial charge in [-0.1, -0.05) is 6.07 Å². The summed E-state index contributed by atoms with van der Waals surface area (Å²) in [6.45, 7) is 3.26. The molecule has 0 bridgehead atoms.